The fourth-order valence-electron chi connectivity index (χ4n) is 13.8. The molecule has 14 rings (SSSR count). The molecule has 6 heterocycles. The average Bonchev–Trinajstić information content (AvgIpc) is 0.923. The molecule has 8 amide bonds. The van der Waals surface area contributed by atoms with Gasteiger partial charge in [-0.3, -0.25) is 58.3 Å². The molecule has 8 aromatic carbocycles. The lowest BCUT2D eigenvalue weighted by molar-refractivity contribution is 0.0912. The van der Waals surface area contributed by atoms with Crippen molar-refractivity contribution in [3.8, 4) is 45.0 Å². The highest BCUT2D eigenvalue weighted by molar-refractivity contribution is 6.38. The predicted octanol–water partition coefficient (Wildman–Crippen LogP) is 20.7. The number of ether oxygens (including phenoxy) is 1. The molecule has 32 heteroatoms. The minimum atomic E-state index is -0.402. The Kier molecular flexibility index (Phi) is 37.9. The van der Waals surface area contributed by atoms with Gasteiger partial charge in [-0.15, -0.1) is 0 Å². The van der Waals surface area contributed by atoms with Crippen molar-refractivity contribution in [2.75, 3.05) is 114 Å². The Labute approximate surface area is 794 Å². The predicted molar refractivity (Wildman–Crippen MR) is 521 cm³/mol. The van der Waals surface area contributed by atoms with Crippen LogP contribution in [0.1, 0.15) is 129 Å². The second kappa shape index (κ2) is 49.9. The van der Waals surface area contributed by atoms with E-state index in [0.717, 1.165) is 71.6 Å². The zero-order valence-electron chi connectivity index (χ0n) is 71.5. The van der Waals surface area contributed by atoms with Gasteiger partial charge in [0.05, 0.1) is 91.8 Å². The number of carbonyl (C=O) groups excluding carboxylic acids is 8. The van der Waals surface area contributed by atoms with Gasteiger partial charge >= 0.3 is 0 Å². The summed E-state index contributed by atoms with van der Waals surface area (Å²) in [5, 5.41) is 25.8. The molecule has 0 unspecified atom stereocenters. The number of hydrogen-bond donors (Lipinski definition) is 8. The van der Waals surface area contributed by atoms with Crippen LogP contribution < -0.4 is 42.5 Å². The number of rotatable bonds is 29. The lowest BCUT2D eigenvalue weighted by atomic mass is 10.0. The van der Waals surface area contributed by atoms with Crippen LogP contribution in [-0.2, 0) is 4.74 Å². The molecule has 2 fully saturated rings. The number of carbonyl (C=O) groups is 8. The Hall–Kier alpha value is -11.7. The number of anilines is 4. The molecule has 130 heavy (non-hydrogen) atoms. The molecule has 24 nitrogen and oxygen atoms in total. The van der Waals surface area contributed by atoms with Crippen LogP contribution >= 0.6 is 92.8 Å². The summed E-state index contributed by atoms with van der Waals surface area (Å²) >= 11 is 50.6. The number of amides is 8. The van der Waals surface area contributed by atoms with E-state index in [1.165, 1.54) is 43.2 Å². The molecule has 8 N–H and O–H groups in total. The first kappa shape index (κ1) is 98.9. The number of nitrogens with one attached hydrogen (secondary N) is 8. The van der Waals surface area contributed by atoms with Crippen LogP contribution in [0.5, 0.6) is 0 Å². The van der Waals surface area contributed by atoms with Gasteiger partial charge in [-0.2, -0.15) is 0 Å². The molecule has 4 aromatic heterocycles. The van der Waals surface area contributed by atoms with Gasteiger partial charge in [-0.1, -0.05) is 131 Å². The van der Waals surface area contributed by atoms with Crippen molar-refractivity contribution in [1.82, 2.24) is 55.9 Å². The first-order valence-electron chi connectivity index (χ1n) is 41.9. The van der Waals surface area contributed by atoms with E-state index < -0.39 is 5.91 Å². The van der Waals surface area contributed by atoms with Crippen LogP contribution in [0.3, 0.4) is 0 Å². The van der Waals surface area contributed by atoms with Crippen LogP contribution in [0.2, 0.25) is 40.2 Å². The molecular formula is C98H95Cl8N15O9. The summed E-state index contributed by atoms with van der Waals surface area (Å²) in [5.41, 5.74) is 10.6. The summed E-state index contributed by atoms with van der Waals surface area (Å²) in [5.74, 6) is -2.44. The second-order valence-electron chi connectivity index (χ2n) is 30.0. The SMILES string of the molecule is CCN(CC)CCCNC(=O)c1ccc(C(=O)Nc2ccc(Cl)c(-c3ccccn3)c2)c(Cl)c1.CN1CCC(NC(=O)c2ccc(C(=O)Nc3ccc(Cl)c(-c4ccccn4)c3)c(Cl)c2)CC1.COCCNC(=O)c1ccc(C(=O)Nc2ccc(Cl)c(-c3ccccn3)c2)c(Cl)c1.O=C(NCCN1CCCC1)c1ccc(C(=O)Nc2ccc(Cl)c(-c3ccccn3)c2)c(Cl)c1. The average molecular weight is 1910 g/mol. The Balaban J connectivity index is 0.000000168. The third-order valence-corrected chi connectivity index (χ3v) is 23.5. The molecule has 0 radical (unpaired) electrons. The lowest BCUT2D eigenvalue weighted by Crippen LogP contribution is -2.43. The van der Waals surface area contributed by atoms with E-state index in [-0.39, 0.29) is 89.7 Å². The summed E-state index contributed by atoms with van der Waals surface area (Å²) in [6, 6.07) is 61.5. The third kappa shape index (κ3) is 28.9. The van der Waals surface area contributed by atoms with Gasteiger partial charge in [0.25, 0.3) is 47.3 Å². The number of methoxy groups -OCH3 is 1. The lowest BCUT2D eigenvalue weighted by Gasteiger charge is -2.29. The summed E-state index contributed by atoms with van der Waals surface area (Å²) in [6.07, 6.45) is 11.8. The number of halogens is 8. The van der Waals surface area contributed by atoms with Crippen LogP contribution in [0.15, 0.2) is 243 Å². The molecule has 0 atom stereocenters. The Bertz CT molecular complexity index is 5940. The number of likely N-dealkylation sites (tertiary alicyclic amines) is 2. The molecular weight excluding hydrogens is 1810 g/mol. The molecule has 2 aliphatic rings. The molecule has 2 aliphatic heterocycles. The quantitative estimate of drug-likeness (QED) is 0.0202. The summed E-state index contributed by atoms with van der Waals surface area (Å²) in [6.45, 7) is 14.0. The Morgan fingerprint density at radius 2 is 0.685 bits per heavy atom. The van der Waals surface area contributed by atoms with Gasteiger partial charge in [-0.05, 0) is 279 Å². The number of benzene rings is 8. The van der Waals surface area contributed by atoms with E-state index in [1.54, 1.807) is 147 Å². The maximum absolute atomic E-state index is 12.8. The normalized spacial score (nSPS) is 12.4. The van der Waals surface area contributed by atoms with Crippen molar-refractivity contribution in [3.05, 3.63) is 328 Å². The highest BCUT2D eigenvalue weighted by Gasteiger charge is 2.25. The summed E-state index contributed by atoms with van der Waals surface area (Å²) in [4.78, 5) is 125. The zero-order chi connectivity index (χ0) is 92.6. The van der Waals surface area contributed by atoms with Crippen molar-refractivity contribution < 1.29 is 43.1 Å². The first-order chi connectivity index (χ1) is 62.8. The van der Waals surface area contributed by atoms with E-state index in [2.05, 4.69) is 98.1 Å². The van der Waals surface area contributed by atoms with Crippen molar-refractivity contribution >= 4 is 163 Å². The van der Waals surface area contributed by atoms with Crippen LogP contribution in [0.4, 0.5) is 22.7 Å². The van der Waals surface area contributed by atoms with E-state index >= 15 is 0 Å². The fourth-order valence-corrected chi connectivity index (χ4v) is 15.7. The van der Waals surface area contributed by atoms with Crippen LogP contribution in [0.25, 0.3) is 45.0 Å². The summed E-state index contributed by atoms with van der Waals surface area (Å²) in [7, 11) is 3.63. The van der Waals surface area contributed by atoms with Gasteiger partial charge in [0.2, 0.25) is 0 Å². The van der Waals surface area contributed by atoms with Crippen LogP contribution in [0, 0.1) is 0 Å². The van der Waals surface area contributed by atoms with Gasteiger partial charge in [0, 0.05) is 131 Å². The zero-order valence-corrected chi connectivity index (χ0v) is 77.6. The molecule has 0 aliphatic carbocycles. The van der Waals surface area contributed by atoms with E-state index in [9.17, 15) is 38.4 Å². The maximum atomic E-state index is 12.8. The smallest absolute Gasteiger partial charge is 0.257 e. The molecule has 0 spiro atoms. The standard InChI is InChI=1S/C26H28Cl2N4O2.2C25H24Cl2N4O2.C22H19Cl2N3O3/c1-3-32(4-2)15-7-14-30-25(33)18-9-11-20(23(28)16-18)26(34)31-19-10-12-22(27)21(17-19)24-8-5-6-13-29-24;1-31-12-9-17(10-13-31)29-24(32)16-5-7-19(22(27)14-16)25(33)30-18-6-8-21(26)20(15-18)23-4-2-3-11-28-23;26-21-9-7-18(16-20(21)23-5-1-2-10-28-23)30-25(33)19-8-6-17(15-22(19)27)24(32)29-11-14-31-12-3-4-13-31;1-30-11-10-26-21(28)14-5-7-16(19(24)12-14)22(29)27-15-6-8-18(23)17(13-15)20-4-2-3-9-25-20/h5-6,8-13,16-17H,3-4,7,14-15H2,1-2H3,(H,30,33)(H,31,34);2-8,11,14-15,17H,9-10,12-13H2,1H3,(H,29,32)(H,30,33);1-2,5-10,15-16H,3-4,11-14H2,(H,29,32)(H,30,33);2-9,12-13H,10-11H2,1H3,(H,26,28)(H,27,29). The van der Waals surface area contributed by atoms with Gasteiger partial charge < -0.3 is 62.0 Å². The Morgan fingerprint density at radius 3 is 0.985 bits per heavy atom. The van der Waals surface area contributed by atoms with Crippen molar-refractivity contribution in [1.29, 1.82) is 0 Å². The maximum Gasteiger partial charge on any atom is 0.257 e. The first-order valence-corrected chi connectivity index (χ1v) is 44.9. The van der Waals surface area contributed by atoms with Gasteiger partial charge in [0.1, 0.15) is 0 Å². The van der Waals surface area contributed by atoms with Gasteiger partial charge in [0.15, 0.2) is 0 Å². The number of piperidine rings is 1. The molecule has 0 saturated carbocycles. The van der Waals surface area contributed by atoms with Crippen LogP contribution in [-0.4, -0.2) is 181 Å². The van der Waals surface area contributed by atoms with E-state index in [0.29, 0.717) is 136 Å². The van der Waals surface area contributed by atoms with E-state index in [4.69, 9.17) is 97.5 Å². The molecule has 672 valence electrons. The van der Waals surface area contributed by atoms with E-state index in [1.807, 2.05) is 72.8 Å². The largest absolute Gasteiger partial charge is 0.383 e. The fraction of sp³-hybridized carbons (Fsp3) is 0.224. The minimum Gasteiger partial charge on any atom is -0.383 e. The molecule has 0 bridgehead atoms. The van der Waals surface area contributed by atoms with Crippen molar-refractivity contribution in [3.63, 3.8) is 0 Å². The minimum absolute atomic E-state index is 0.147. The number of pyridine rings is 4. The Morgan fingerprint density at radius 1 is 0.369 bits per heavy atom. The number of nitrogens with zero attached hydrogens (tertiary/aromatic N) is 7. The molecule has 12 aromatic rings. The second-order valence-corrected chi connectivity index (χ2v) is 33.2. The number of aromatic nitrogens is 4. The monoisotopic (exact) mass is 1910 g/mol. The summed E-state index contributed by atoms with van der Waals surface area (Å²) < 4.78 is 4.90. The number of hydrogen-bond acceptors (Lipinski definition) is 16. The van der Waals surface area contributed by atoms with Crippen molar-refractivity contribution in [2.24, 2.45) is 0 Å². The topological polar surface area (TPSA) is 303 Å². The third-order valence-electron chi connectivity index (χ3n) is 21.0. The van der Waals surface area contributed by atoms with Crippen molar-refractivity contribution in [2.45, 2.75) is 52.0 Å². The highest BCUT2D eigenvalue weighted by Crippen LogP contribution is 2.36. The molecule has 2 saturated heterocycles. The van der Waals surface area contributed by atoms with Gasteiger partial charge in [-0.25, -0.2) is 0 Å². The highest BCUT2D eigenvalue weighted by atomic mass is 35.5.